The molecule has 2 fully saturated rings. The van der Waals surface area contributed by atoms with Crippen LogP contribution in [0.3, 0.4) is 0 Å². The molecule has 1 aliphatic carbocycles. The molecule has 5 nitrogen and oxygen atoms in total. The van der Waals surface area contributed by atoms with Crippen LogP contribution in [0.5, 0.6) is 0 Å². The average Bonchev–Trinajstić information content (AvgIpc) is 2.75. The Morgan fingerprint density at radius 3 is 2.58 bits per heavy atom. The largest absolute Gasteiger partial charge is 0.481 e. The van der Waals surface area contributed by atoms with Crippen molar-refractivity contribution in [2.75, 3.05) is 13.1 Å². The first-order chi connectivity index (χ1) is 8.65. The summed E-state index contributed by atoms with van der Waals surface area (Å²) in [4.78, 5) is 24.7. The van der Waals surface area contributed by atoms with Gasteiger partial charge < -0.3 is 14.7 Å². The van der Waals surface area contributed by atoms with Crippen molar-refractivity contribution in [2.45, 2.75) is 46.1 Å². The zero-order valence-electron chi connectivity index (χ0n) is 12.1. The summed E-state index contributed by atoms with van der Waals surface area (Å²) in [6, 6.07) is 0. The molecule has 1 saturated heterocycles. The van der Waals surface area contributed by atoms with Crippen LogP contribution in [0.15, 0.2) is 0 Å². The molecule has 1 saturated carbocycles. The molecule has 0 aromatic rings. The maximum atomic E-state index is 12.0. The topological polar surface area (TPSA) is 66.8 Å². The van der Waals surface area contributed by atoms with E-state index in [0.717, 1.165) is 12.8 Å². The minimum atomic E-state index is -0.738. The average molecular weight is 269 g/mol. The fourth-order valence-electron chi connectivity index (χ4n) is 3.11. The first kappa shape index (κ1) is 14.2. The normalized spacial score (nSPS) is 31.4. The van der Waals surface area contributed by atoms with Gasteiger partial charge in [-0.3, -0.25) is 4.79 Å². The number of aliphatic carboxylic acids is 1. The second kappa shape index (κ2) is 4.39. The fraction of sp³-hybridized carbons (Fsp3) is 0.857. The summed E-state index contributed by atoms with van der Waals surface area (Å²) in [5.41, 5.74) is -0.446. The summed E-state index contributed by atoms with van der Waals surface area (Å²) in [6.45, 7) is 8.63. The van der Waals surface area contributed by atoms with Crippen LogP contribution >= 0.6 is 0 Å². The lowest BCUT2D eigenvalue weighted by Crippen LogP contribution is -2.35. The highest BCUT2D eigenvalue weighted by atomic mass is 16.6. The lowest BCUT2D eigenvalue weighted by molar-refractivity contribution is -0.142. The van der Waals surface area contributed by atoms with Crippen LogP contribution in [0.2, 0.25) is 0 Å². The molecule has 1 aliphatic heterocycles. The number of carboxylic acid groups (broad SMARTS) is 1. The van der Waals surface area contributed by atoms with E-state index in [1.165, 1.54) is 0 Å². The van der Waals surface area contributed by atoms with Gasteiger partial charge in [-0.25, -0.2) is 4.79 Å². The number of amides is 1. The third kappa shape index (κ3) is 2.85. The van der Waals surface area contributed by atoms with E-state index in [1.807, 2.05) is 20.8 Å². The summed E-state index contributed by atoms with van der Waals surface area (Å²) in [5, 5.41) is 9.06. The summed E-state index contributed by atoms with van der Waals surface area (Å²) in [5.74, 6) is -0.853. The first-order valence-corrected chi connectivity index (χ1v) is 6.85. The Kier molecular flexibility index (Phi) is 3.27. The Labute approximate surface area is 113 Å². The lowest BCUT2D eigenvalue weighted by atomic mass is 9.95. The molecule has 0 radical (unpaired) electrons. The number of carbonyl (C=O) groups excluding carboxylic acids is 1. The van der Waals surface area contributed by atoms with Crippen LogP contribution in [0, 0.1) is 17.3 Å². The number of rotatable bonds is 2. The number of hydrogen-bond acceptors (Lipinski definition) is 3. The molecule has 1 heterocycles. The van der Waals surface area contributed by atoms with Crippen LogP contribution in [0.25, 0.3) is 0 Å². The van der Waals surface area contributed by atoms with E-state index in [0.29, 0.717) is 13.1 Å². The molecule has 0 aromatic carbocycles. The molecular formula is C14H23NO4. The predicted octanol–water partition coefficient (Wildman–Crippen LogP) is 2.35. The Morgan fingerprint density at radius 1 is 1.42 bits per heavy atom. The minimum Gasteiger partial charge on any atom is -0.481 e. The Hall–Kier alpha value is -1.26. The van der Waals surface area contributed by atoms with Gasteiger partial charge >= 0.3 is 12.1 Å². The first-order valence-electron chi connectivity index (χ1n) is 6.85. The predicted molar refractivity (Wildman–Crippen MR) is 69.8 cm³/mol. The lowest BCUT2D eigenvalue weighted by Gasteiger charge is -2.24. The maximum absolute atomic E-state index is 12.0. The monoisotopic (exact) mass is 269 g/mol. The van der Waals surface area contributed by atoms with Gasteiger partial charge in [0.05, 0.1) is 5.92 Å². The summed E-state index contributed by atoms with van der Waals surface area (Å²) >= 11 is 0. The Bertz CT molecular complexity index is 401. The number of hydrogen-bond donors (Lipinski definition) is 1. The second-order valence-corrected chi connectivity index (χ2v) is 6.95. The van der Waals surface area contributed by atoms with Gasteiger partial charge in [-0.1, -0.05) is 6.92 Å². The van der Waals surface area contributed by atoms with Crippen LogP contribution < -0.4 is 0 Å². The van der Waals surface area contributed by atoms with Crippen molar-refractivity contribution < 1.29 is 19.4 Å². The highest BCUT2D eigenvalue weighted by molar-refractivity contribution is 5.71. The third-order valence-corrected chi connectivity index (χ3v) is 4.28. The summed E-state index contributed by atoms with van der Waals surface area (Å²) in [7, 11) is 0. The van der Waals surface area contributed by atoms with Crippen molar-refractivity contribution in [3.05, 3.63) is 0 Å². The number of carboxylic acids is 1. The highest BCUT2D eigenvalue weighted by Crippen LogP contribution is 2.61. The van der Waals surface area contributed by atoms with Crippen molar-refractivity contribution in [2.24, 2.45) is 17.3 Å². The molecule has 19 heavy (non-hydrogen) atoms. The van der Waals surface area contributed by atoms with Gasteiger partial charge in [0.2, 0.25) is 0 Å². The summed E-state index contributed by atoms with van der Waals surface area (Å²) < 4.78 is 5.36. The van der Waals surface area contributed by atoms with Crippen molar-refractivity contribution in [1.29, 1.82) is 0 Å². The van der Waals surface area contributed by atoms with Crippen molar-refractivity contribution in [3.63, 3.8) is 0 Å². The molecule has 0 bridgehead atoms. The smallest absolute Gasteiger partial charge is 0.410 e. The van der Waals surface area contributed by atoms with E-state index in [4.69, 9.17) is 9.84 Å². The van der Waals surface area contributed by atoms with E-state index in [-0.39, 0.29) is 23.3 Å². The SMILES string of the molecule is CC(C(=O)O)C1CC12CCN(C(=O)OC(C)(C)C)C2. The number of ether oxygens (including phenoxy) is 1. The third-order valence-electron chi connectivity index (χ3n) is 4.28. The number of carbonyl (C=O) groups is 2. The van der Waals surface area contributed by atoms with Crippen molar-refractivity contribution in [1.82, 2.24) is 4.90 Å². The quantitative estimate of drug-likeness (QED) is 0.835. The second-order valence-electron chi connectivity index (χ2n) is 6.95. The van der Waals surface area contributed by atoms with Crippen LogP contribution in [-0.4, -0.2) is 40.8 Å². The fourth-order valence-corrected chi connectivity index (χ4v) is 3.11. The molecule has 1 spiro atoms. The van der Waals surface area contributed by atoms with E-state index in [1.54, 1.807) is 11.8 Å². The maximum Gasteiger partial charge on any atom is 0.410 e. The molecule has 2 aliphatic rings. The number of nitrogens with zero attached hydrogens (tertiary/aromatic N) is 1. The van der Waals surface area contributed by atoms with Crippen molar-refractivity contribution >= 4 is 12.1 Å². The van der Waals surface area contributed by atoms with Gasteiger partial charge in [-0.2, -0.15) is 0 Å². The molecular weight excluding hydrogens is 246 g/mol. The van der Waals surface area contributed by atoms with Crippen LogP contribution in [0.4, 0.5) is 4.79 Å². The molecule has 2 rings (SSSR count). The Morgan fingerprint density at radius 2 is 2.05 bits per heavy atom. The Balaban J connectivity index is 1.92. The molecule has 5 heteroatoms. The molecule has 3 unspecified atom stereocenters. The van der Waals surface area contributed by atoms with E-state index < -0.39 is 11.6 Å². The van der Waals surface area contributed by atoms with Gasteiger partial charge in [-0.15, -0.1) is 0 Å². The molecule has 1 amide bonds. The van der Waals surface area contributed by atoms with E-state index in [9.17, 15) is 9.59 Å². The van der Waals surface area contributed by atoms with Crippen molar-refractivity contribution in [3.8, 4) is 0 Å². The van der Waals surface area contributed by atoms with Gasteiger partial charge in [0.15, 0.2) is 0 Å². The molecule has 0 aromatic heterocycles. The molecule has 1 N–H and O–H groups in total. The van der Waals surface area contributed by atoms with Gasteiger partial charge in [0.25, 0.3) is 0 Å². The zero-order valence-corrected chi connectivity index (χ0v) is 12.1. The summed E-state index contributed by atoms with van der Waals surface area (Å²) in [6.07, 6.45) is 1.53. The van der Waals surface area contributed by atoms with Crippen LogP contribution in [-0.2, 0) is 9.53 Å². The van der Waals surface area contributed by atoms with Crippen LogP contribution in [0.1, 0.15) is 40.5 Å². The number of likely N-dealkylation sites (tertiary alicyclic amines) is 1. The van der Waals surface area contributed by atoms with E-state index >= 15 is 0 Å². The van der Waals surface area contributed by atoms with Gasteiger partial charge in [-0.05, 0) is 44.9 Å². The minimum absolute atomic E-state index is 0.0364. The zero-order chi connectivity index (χ0) is 14.4. The van der Waals surface area contributed by atoms with Gasteiger partial charge in [0, 0.05) is 13.1 Å². The highest BCUT2D eigenvalue weighted by Gasteiger charge is 2.61. The van der Waals surface area contributed by atoms with Gasteiger partial charge in [0.1, 0.15) is 5.60 Å². The molecule has 3 atom stereocenters. The molecule has 108 valence electrons. The standard InChI is InChI=1S/C14H23NO4/c1-9(11(16)17)10-7-14(10)5-6-15(8-14)12(18)19-13(2,3)4/h9-10H,5-8H2,1-4H3,(H,16,17). The van der Waals surface area contributed by atoms with E-state index in [2.05, 4.69) is 0 Å².